The fourth-order valence-electron chi connectivity index (χ4n) is 1.80. The zero-order chi connectivity index (χ0) is 13.0. The van der Waals surface area contributed by atoms with E-state index in [1.54, 1.807) is 18.8 Å². The lowest BCUT2D eigenvalue weighted by Crippen LogP contribution is -2.47. The van der Waals surface area contributed by atoms with Gasteiger partial charge < -0.3 is 20.0 Å². The average Bonchev–Trinajstić information content (AvgIpc) is 2.67. The van der Waals surface area contributed by atoms with Crippen LogP contribution in [0, 0.1) is 0 Å². The standard InChI is InChI=1S/C10H18N2O4S/c1-11(3-4-17-2)10(16)12-6-7(13)5-8(12)9(14)15/h7-8,13H,3-6H2,1-2H3,(H,14,15)/t7-,8+/m1/s1. The molecule has 0 bridgehead atoms. The van der Waals surface area contributed by atoms with Crippen molar-refractivity contribution in [1.82, 2.24) is 9.80 Å². The highest BCUT2D eigenvalue weighted by molar-refractivity contribution is 7.98. The Morgan fingerprint density at radius 3 is 2.71 bits per heavy atom. The van der Waals surface area contributed by atoms with E-state index in [1.165, 1.54) is 9.80 Å². The van der Waals surface area contributed by atoms with Gasteiger partial charge in [-0.25, -0.2) is 9.59 Å². The van der Waals surface area contributed by atoms with Gasteiger partial charge in [-0.2, -0.15) is 11.8 Å². The Balaban J connectivity index is 2.63. The third kappa shape index (κ3) is 3.50. The van der Waals surface area contributed by atoms with Gasteiger partial charge in [0.1, 0.15) is 6.04 Å². The molecule has 0 spiro atoms. The van der Waals surface area contributed by atoms with Gasteiger partial charge in [0.25, 0.3) is 0 Å². The Bertz CT molecular complexity index is 300. The van der Waals surface area contributed by atoms with Gasteiger partial charge in [-0.3, -0.25) is 0 Å². The second-order valence-corrected chi connectivity index (χ2v) is 5.08. The number of rotatable bonds is 4. The van der Waals surface area contributed by atoms with Crippen molar-refractivity contribution in [1.29, 1.82) is 0 Å². The van der Waals surface area contributed by atoms with Crippen LogP contribution in [0.5, 0.6) is 0 Å². The van der Waals surface area contributed by atoms with E-state index >= 15 is 0 Å². The number of β-amino-alcohol motifs (C(OH)–C–C–N with tert-alkyl or cyclic N) is 1. The predicted octanol–water partition coefficient (Wildman–Crippen LogP) is -0.0790. The normalized spacial score (nSPS) is 23.8. The summed E-state index contributed by atoms with van der Waals surface area (Å²) in [7, 11) is 1.64. The molecule has 0 radical (unpaired) electrons. The second kappa shape index (κ2) is 6.11. The molecule has 1 saturated heterocycles. The van der Waals surface area contributed by atoms with Gasteiger partial charge in [0.15, 0.2) is 0 Å². The first kappa shape index (κ1) is 14.1. The Kier molecular flexibility index (Phi) is 5.07. The topological polar surface area (TPSA) is 81.1 Å². The summed E-state index contributed by atoms with van der Waals surface area (Å²) in [6, 6.07) is -1.24. The Morgan fingerprint density at radius 2 is 2.18 bits per heavy atom. The van der Waals surface area contributed by atoms with Crippen molar-refractivity contribution in [3.05, 3.63) is 0 Å². The van der Waals surface area contributed by atoms with Crippen LogP contribution in [0.2, 0.25) is 0 Å². The zero-order valence-electron chi connectivity index (χ0n) is 10.00. The van der Waals surface area contributed by atoms with E-state index in [0.717, 1.165) is 5.75 Å². The molecule has 0 unspecified atom stereocenters. The number of urea groups is 1. The van der Waals surface area contributed by atoms with Crippen LogP contribution in [-0.4, -0.2) is 76.3 Å². The van der Waals surface area contributed by atoms with Gasteiger partial charge in [-0.15, -0.1) is 0 Å². The van der Waals surface area contributed by atoms with E-state index in [4.69, 9.17) is 5.11 Å². The van der Waals surface area contributed by atoms with E-state index in [1.807, 2.05) is 6.26 Å². The molecule has 98 valence electrons. The van der Waals surface area contributed by atoms with Crippen LogP contribution in [0.3, 0.4) is 0 Å². The second-order valence-electron chi connectivity index (χ2n) is 4.09. The lowest BCUT2D eigenvalue weighted by molar-refractivity contribution is -0.141. The minimum absolute atomic E-state index is 0.0966. The number of likely N-dealkylation sites (tertiary alicyclic amines) is 1. The molecule has 2 N–H and O–H groups in total. The molecule has 1 fully saturated rings. The van der Waals surface area contributed by atoms with Crippen LogP contribution in [0.1, 0.15) is 6.42 Å². The van der Waals surface area contributed by atoms with Crippen LogP contribution in [0.4, 0.5) is 4.79 Å². The molecule has 0 saturated carbocycles. The molecule has 2 amide bonds. The summed E-state index contributed by atoms with van der Waals surface area (Å²) in [6.45, 7) is 0.665. The van der Waals surface area contributed by atoms with E-state index in [9.17, 15) is 14.7 Å². The molecule has 1 heterocycles. The molecule has 0 aromatic heterocycles. The summed E-state index contributed by atoms with van der Waals surface area (Å²) < 4.78 is 0. The van der Waals surface area contributed by atoms with E-state index in [0.29, 0.717) is 6.54 Å². The molecule has 1 aliphatic heterocycles. The van der Waals surface area contributed by atoms with Gasteiger partial charge in [-0.05, 0) is 6.26 Å². The SMILES string of the molecule is CSCCN(C)C(=O)N1C[C@H](O)C[C@H]1C(=O)O. The number of aliphatic carboxylic acids is 1. The molecule has 7 heteroatoms. The summed E-state index contributed by atoms with van der Waals surface area (Å²) in [4.78, 5) is 25.7. The summed E-state index contributed by atoms with van der Waals surface area (Å²) >= 11 is 1.62. The number of carbonyl (C=O) groups excluding carboxylic acids is 1. The van der Waals surface area contributed by atoms with Crippen molar-refractivity contribution >= 4 is 23.8 Å². The molecule has 1 rings (SSSR count). The zero-order valence-corrected chi connectivity index (χ0v) is 10.8. The van der Waals surface area contributed by atoms with Crippen molar-refractivity contribution in [3.8, 4) is 0 Å². The summed E-state index contributed by atoms with van der Waals surface area (Å²) in [5, 5.41) is 18.4. The largest absolute Gasteiger partial charge is 0.480 e. The first-order valence-corrected chi connectivity index (χ1v) is 6.78. The summed E-state index contributed by atoms with van der Waals surface area (Å²) in [5.41, 5.74) is 0. The maximum Gasteiger partial charge on any atom is 0.326 e. The number of carboxylic acids is 1. The maximum atomic E-state index is 12.0. The number of nitrogens with zero attached hydrogens (tertiary/aromatic N) is 2. The van der Waals surface area contributed by atoms with Gasteiger partial charge in [0.2, 0.25) is 0 Å². The molecular formula is C10H18N2O4S. The fraction of sp³-hybridized carbons (Fsp3) is 0.800. The summed E-state index contributed by atoms with van der Waals surface area (Å²) in [5.74, 6) is -0.260. The van der Waals surface area contributed by atoms with Crippen molar-refractivity contribution in [2.24, 2.45) is 0 Å². The van der Waals surface area contributed by atoms with E-state index < -0.39 is 18.1 Å². The number of carboxylic acid groups (broad SMARTS) is 1. The van der Waals surface area contributed by atoms with Crippen molar-refractivity contribution in [3.63, 3.8) is 0 Å². The van der Waals surface area contributed by atoms with Crippen molar-refractivity contribution < 1.29 is 19.8 Å². The molecule has 0 aromatic carbocycles. The van der Waals surface area contributed by atoms with E-state index in [2.05, 4.69) is 0 Å². The minimum atomic E-state index is -1.06. The Labute approximate surface area is 105 Å². The number of amides is 2. The van der Waals surface area contributed by atoms with Gasteiger partial charge >= 0.3 is 12.0 Å². The average molecular weight is 262 g/mol. The highest BCUT2D eigenvalue weighted by Crippen LogP contribution is 2.19. The van der Waals surface area contributed by atoms with Crippen LogP contribution < -0.4 is 0 Å². The highest BCUT2D eigenvalue weighted by Gasteiger charge is 2.39. The number of aliphatic hydroxyl groups excluding tert-OH is 1. The number of hydrogen-bond donors (Lipinski definition) is 2. The minimum Gasteiger partial charge on any atom is -0.480 e. The number of carbonyl (C=O) groups is 2. The number of aliphatic hydroxyl groups is 1. The van der Waals surface area contributed by atoms with Gasteiger partial charge in [0, 0.05) is 32.3 Å². The number of thioether (sulfide) groups is 1. The van der Waals surface area contributed by atoms with Crippen LogP contribution >= 0.6 is 11.8 Å². The predicted molar refractivity (Wildman–Crippen MR) is 65.2 cm³/mol. The number of hydrogen-bond acceptors (Lipinski definition) is 4. The molecular weight excluding hydrogens is 244 g/mol. The molecule has 0 aromatic rings. The van der Waals surface area contributed by atoms with Crippen LogP contribution in [0.25, 0.3) is 0 Å². The van der Waals surface area contributed by atoms with Gasteiger partial charge in [-0.1, -0.05) is 0 Å². The summed E-state index contributed by atoms with van der Waals surface area (Å²) in [6.07, 6.45) is 1.31. The first-order valence-electron chi connectivity index (χ1n) is 5.39. The smallest absolute Gasteiger partial charge is 0.326 e. The van der Waals surface area contributed by atoms with Crippen molar-refractivity contribution in [2.75, 3.05) is 32.1 Å². The van der Waals surface area contributed by atoms with Crippen molar-refractivity contribution in [2.45, 2.75) is 18.6 Å². The lowest BCUT2D eigenvalue weighted by Gasteiger charge is -2.27. The van der Waals surface area contributed by atoms with Crippen LogP contribution in [0.15, 0.2) is 0 Å². The first-order chi connectivity index (χ1) is 7.97. The Hall–Kier alpha value is -0.950. The fourth-order valence-corrected chi connectivity index (χ4v) is 2.26. The third-order valence-corrected chi connectivity index (χ3v) is 3.36. The monoisotopic (exact) mass is 262 g/mol. The lowest BCUT2D eigenvalue weighted by atomic mass is 10.2. The van der Waals surface area contributed by atoms with E-state index in [-0.39, 0.29) is 19.0 Å². The Morgan fingerprint density at radius 1 is 1.53 bits per heavy atom. The molecule has 1 aliphatic rings. The molecule has 17 heavy (non-hydrogen) atoms. The van der Waals surface area contributed by atoms with Crippen LogP contribution in [-0.2, 0) is 4.79 Å². The highest BCUT2D eigenvalue weighted by atomic mass is 32.2. The molecule has 2 atom stereocenters. The molecule has 0 aliphatic carbocycles. The molecule has 6 nitrogen and oxygen atoms in total. The van der Waals surface area contributed by atoms with Gasteiger partial charge in [0.05, 0.1) is 6.10 Å². The quantitative estimate of drug-likeness (QED) is 0.740. The third-order valence-electron chi connectivity index (χ3n) is 2.77. The maximum absolute atomic E-state index is 12.0.